The number of nitrogens with one attached hydrogen (secondary N) is 2. The third-order valence-corrected chi connectivity index (χ3v) is 9.63. The Hall–Kier alpha value is -2.68. The van der Waals surface area contributed by atoms with Gasteiger partial charge in [-0.25, -0.2) is 0 Å². The van der Waals surface area contributed by atoms with Crippen LogP contribution in [0.2, 0.25) is 0 Å². The fourth-order valence-corrected chi connectivity index (χ4v) is 5.79. The number of halogens is 4. The smallest absolute Gasteiger partial charge is 0.404 e. The number of Topliss-reactive ketones (excluding diaryl/α,β-unsaturated/α-hetero) is 1. The lowest BCUT2D eigenvalue weighted by molar-refractivity contribution is -0.145. The van der Waals surface area contributed by atoms with Gasteiger partial charge in [0, 0.05) is 18.4 Å². The van der Waals surface area contributed by atoms with Gasteiger partial charge in [0.1, 0.15) is 12.1 Å². The van der Waals surface area contributed by atoms with Crippen molar-refractivity contribution in [3.05, 3.63) is 35.4 Å². The predicted octanol–water partition coefficient (Wildman–Crippen LogP) is 5.33. The summed E-state index contributed by atoms with van der Waals surface area (Å²) in [6.45, 7) is 2.16. The van der Waals surface area contributed by atoms with E-state index < -0.39 is 80.6 Å². The molecular weight excluding hydrogens is 702 g/mol. The van der Waals surface area contributed by atoms with E-state index in [-0.39, 0.29) is 12.0 Å². The number of hydrogen-bond donors (Lipinski definition) is 7. The van der Waals surface area contributed by atoms with E-state index in [1.54, 1.807) is 5.32 Å². The number of amides is 2. The molecule has 0 aliphatic heterocycles. The monoisotopic (exact) mass is 748 g/mol. The molecule has 1 aromatic rings. The van der Waals surface area contributed by atoms with Gasteiger partial charge in [-0.1, -0.05) is 102 Å². The first-order valence-corrected chi connectivity index (χ1v) is 19.2. The molecule has 2 amide bonds. The van der Waals surface area contributed by atoms with E-state index >= 15 is 0 Å². The fraction of sp³-hybridized carbons (Fsp3) is 0.667. The van der Waals surface area contributed by atoms with Gasteiger partial charge in [-0.3, -0.25) is 28.3 Å². The number of carboxylic acid groups (broad SMARTS) is 1. The van der Waals surface area contributed by atoms with E-state index in [2.05, 4.69) is 12.2 Å². The molecule has 0 spiro atoms. The van der Waals surface area contributed by atoms with Crippen molar-refractivity contribution in [1.29, 1.82) is 0 Å². The fourth-order valence-electron chi connectivity index (χ4n) is 4.86. The molecule has 7 N–H and O–H groups in total. The molecule has 0 aliphatic carbocycles. The van der Waals surface area contributed by atoms with Crippen molar-refractivity contribution in [2.45, 2.75) is 127 Å². The summed E-state index contributed by atoms with van der Waals surface area (Å²) < 4.78 is 78.9. The minimum atomic E-state index is -6.44. The summed E-state index contributed by atoms with van der Waals surface area (Å²) in [4.78, 5) is 85.2. The molecule has 280 valence electrons. The van der Waals surface area contributed by atoms with E-state index in [4.69, 9.17) is 24.7 Å². The maximum atomic E-state index is 14.2. The van der Waals surface area contributed by atoms with Crippen molar-refractivity contribution in [1.82, 2.24) is 10.6 Å². The Balaban J connectivity index is 3.01. The maximum absolute atomic E-state index is 14.2. The highest BCUT2D eigenvalue weighted by Crippen LogP contribution is 2.59. The average Bonchev–Trinajstić information content (AvgIpc) is 2.99. The molecule has 0 fully saturated rings. The minimum Gasteiger partial charge on any atom is -0.481 e. The lowest BCUT2D eigenvalue weighted by Gasteiger charge is -2.25. The number of benzene rings is 1. The molecule has 1 unspecified atom stereocenters. The third kappa shape index (κ3) is 15.0. The van der Waals surface area contributed by atoms with Crippen molar-refractivity contribution >= 4 is 38.8 Å². The van der Waals surface area contributed by atoms with Gasteiger partial charge in [0.05, 0.1) is 6.42 Å². The number of ketones is 1. The van der Waals surface area contributed by atoms with E-state index in [1.807, 2.05) is 0 Å². The topological polar surface area (TPSA) is 228 Å². The van der Waals surface area contributed by atoms with Crippen LogP contribution in [0.4, 0.5) is 17.6 Å². The van der Waals surface area contributed by atoms with Gasteiger partial charge in [0.25, 0.3) is 0 Å². The molecule has 49 heavy (non-hydrogen) atoms. The summed E-state index contributed by atoms with van der Waals surface area (Å²) in [5, 5.41) is 13.1. The van der Waals surface area contributed by atoms with Crippen LogP contribution in [-0.4, -0.2) is 66.0 Å². The Kier molecular flexibility index (Phi) is 18.3. The Labute approximate surface area is 281 Å². The summed E-state index contributed by atoms with van der Waals surface area (Å²) in [6.07, 6.45) is 10.1. The summed E-state index contributed by atoms with van der Waals surface area (Å²) >= 11 is 0. The average molecular weight is 749 g/mol. The second-order valence-corrected chi connectivity index (χ2v) is 15.2. The second kappa shape index (κ2) is 20.2. The van der Waals surface area contributed by atoms with Gasteiger partial charge in [-0.2, -0.15) is 17.6 Å². The SMILES string of the molecule is CCCCCCCCCCCCCCC(=O)N[C@@H](Cc1ccc(C(F)(F)P(=O)(O)O)cc1)C(=O)NC(CC(=O)O)C(=O)C(F)(F)P(=O)(O)O. The lowest BCUT2D eigenvalue weighted by Crippen LogP contribution is -2.55. The molecule has 0 saturated carbocycles. The number of alkyl halides is 4. The molecule has 0 aromatic heterocycles. The number of hydrogen-bond acceptors (Lipinski definition) is 6. The first-order chi connectivity index (χ1) is 22.6. The number of unbranched alkanes of at least 4 members (excludes halogenated alkanes) is 11. The molecule has 0 bridgehead atoms. The van der Waals surface area contributed by atoms with Gasteiger partial charge in [0.2, 0.25) is 17.6 Å². The second-order valence-electron chi connectivity index (χ2n) is 11.9. The summed E-state index contributed by atoms with van der Waals surface area (Å²) in [5.74, 6) is -6.61. The summed E-state index contributed by atoms with van der Waals surface area (Å²) in [6, 6.07) is -1.20. The lowest BCUT2D eigenvalue weighted by atomic mass is 10.0. The van der Waals surface area contributed by atoms with Crippen LogP contribution in [0.15, 0.2) is 24.3 Å². The Morgan fingerprint density at radius 3 is 1.61 bits per heavy atom. The highest BCUT2D eigenvalue weighted by molar-refractivity contribution is 7.54. The van der Waals surface area contributed by atoms with Crippen molar-refractivity contribution in [2.75, 3.05) is 0 Å². The number of rotatable bonds is 25. The van der Waals surface area contributed by atoms with Crippen molar-refractivity contribution in [3.8, 4) is 0 Å². The number of carbonyl (C=O) groups excluding carboxylic acids is 3. The molecular formula is C30H46F4N2O11P2. The highest BCUT2D eigenvalue weighted by atomic mass is 31.2. The molecule has 13 nitrogen and oxygen atoms in total. The first kappa shape index (κ1) is 44.3. The van der Waals surface area contributed by atoms with Crippen molar-refractivity contribution < 1.29 is 70.6 Å². The van der Waals surface area contributed by atoms with Gasteiger partial charge in [-0.05, 0) is 12.0 Å². The number of carbonyl (C=O) groups is 4. The molecule has 0 heterocycles. The van der Waals surface area contributed by atoms with E-state index in [0.29, 0.717) is 25.0 Å². The summed E-state index contributed by atoms with van der Waals surface area (Å²) in [5.41, 5.74) is -11.0. The third-order valence-electron chi connectivity index (χ3n) is 7.69. The van der Waals surface area contributed by atoms with Crippen LogP contribution in [-0.2, 0) is 40.4 Å². The quantitative estimate of drug-likeness (QED) is 0.0384. The molecule has 19 heteroatoms. The number of carboxylic acids is 1. The van der Waals surface area contributed by atoms with Crippen LogP contribution in [0.25, 0.3) is 0 Å². The van der Waals surface area contributed by atoms with Gasteiger partial charge >= 0.3 is 32.5 Å². The standard InChI is InChI=1S/C30H46F4N2O11P2/c1-2-3-4-5-6-7-8-9-10-11-12-13-14-25(37)35-24(19-21-15-17-22(18-16-21)29(31,32)48(42,43)44)28(41)36-23(20-26(38)39)27(40)30(33,34)49(45,46)47/h15-18,23-24H,2-14,19-20H2,1H3,(H,35,37)(H,36,41)(H,38,39)(H2,42,43,44)(H2,45,46,47)/t23?,24-/m0/s1. The van der Waals surface area contributed by atoms with E-state index in [9.17, 15) is 45.9 Å². The predicted molar refractivity (Wildman–Crippen MR) is 170 cm³/mol. The van der Waals surface area contributed by atoms with Crippen LogP contribution in [0, 0.1) is 0 Å². The van der Waals surface area contributed by atoms with Gasteiger partial charge in [-0.15, -0.1) is 0 Å². The van der Waals surface area contributed by atoms with E-state index in [1.165, 1.54) is 32.1 Å². The van der Waals surface area contributed by atoms with Crippen LogP contribution in [0.1, 0.15) is 108 Å². The number of aliphatic carboxylic acids is 1. The van der Waals surface area contributed by atoms with E-state index in [0.717, 1.165) is 44.2 Å². The molecule has 2 atom stereocenters. The van der Waals surface area contributed by atoms with Crippen LogP contribution < -0.4 is 10.6 Å². The minimum absolute atomic E-state index is 0.0118. The Morgan fingerprint density at radius 2 is 1.18 bits per heavy atom. The Morgan fingerprint density at radius 1 is 0.714 bits per heavy atom. The largest absolute Gasteiger partial charge is 0.481 e. The molecule has 0 saturated heterocycles. The zero-order valence-corrected chi connectivity index (χ0v) is 29.0. The van der Waals surface area contributed by atoms with Crippen molar-refractivity contribution in [2.24, 2.45) is 0 Å². The molecule has 1 aromatic carbocycles. The molecule has 1 rings (SSSR count). The maximum Gasteiger partial charge on any atom is 0.404 e. The zero-order chi connectivity index (χ0) is 37.5. The molecule has 0 radical (unpaired) electrons. The zero-order valence-electron chi connectivity index (χ0n) is 27.2. The van der Waals surface area contributed by atoms with Gasteiger partial charge in [0.15, 0.2) is 0 Å². The first-order valence-electron chi connectivity index (χ1n) is 16.0. The summed E-state index contributed by atoms with van der Waals surface area (Å²) in [7, 11) is -12.4. The molecule has 0 aliphatic rings. The van der Waals surface area contributed by atoms with Crippen LogP contribution >= 0.6 is 15.2 Å². The van der Waals surface area contributed by atoms with Crippen LogP contribution in [0.5, 0.6) is 0 Å². The normalized spacial score (nSPS) is 13.8. The Bertz CT molecular complexity index is 1340. The highest BCUT2D eigenvalue weighted by Gasteiger charge is 2.58. The van der Waals surface area contributed by atoms with Gasteiger partial charge < -0.3 is 35.3 Å². The van der Waals surface area contributed by atoms with Crippen molar-refractivity contribution in [3.63, 3.8) is 0 Å². The van der Waals surface area contributed by atoms with Crippen LogP contribution in [0.3, 0.4) is 0 Å².